The van der Waals surface area contributed by atoms with Crippen molar-refractivity contribution in [2.24, 2.45) is 4.99 Å². The number of aliphatic imine (C=N–C) groups is 1. The van der Waals surface area contributed by atoms with Crippen LogP contribution in [-0.2, 0) is 23.4 Å². The number of esters is 1. The Kier molecular flexibility index (Phi) is 10.8. The Bertz CT molecular complexity index is 942. The summed E-state index contributed by atoms with van der Waals surface area (Å²) in [6.07, 6.45) is 0.194. The number of carbonyl (C=O) groups excluding carboxylic acids is 2. The van der Waals surface area contributed by atoms with E-state index in [-0.39, 0.29) is 28.7 Å². The van der Waals surface area contributed by atoms with Gasteiger partial charge in [0.1, 0.15) is 11.8 Å². The molecular weight excluding hydrogens is 459 g/mol. The highest BCUT2D eigenvalue weighted by Crippen LogP contribution is 2.45. The van der Waals surface area contributed by atoms with E-state index in [4.69, 9.17) is 25.4 Å². The number of hydrogen-bond acceptors (Lipinski definition) is 8. The molecule has 1 aromatic rings. The molecule has 0 aromatic heterocycles. The second-order valence-corrected chi connectivity index (χ2v) is 9.07. The van der Waals surface area contributed by atoms with Crippen LogP contribution < -0.4 is 9.61 Å². The molecule has 0 aliphatic carbocycles. The van der Waals surface area contributed by atoms with Crippen LogP contribution in [0, 0.1) is 0 Å². The molecule has 0 saturated heterocycles. The van der Waals surface area contributed by atoms with Gasteiger partial charge >= 0.3 is 13.7 Å². The van der Waals surface area contributed by atoms with Gasteiger partial charge in [0.15, 0.2) is 0 Å². The zero-order valence-corrected chi connectivity index (χ0v) is 20.3. The normalized spacial score (nSPS) is 15.1. The van der Waals surface area contributed by atoms with Gasteiger partial charge in [0.2, 0.25) is 5.78 Å². The smallest absolute Gasteiger partial charge is 0.459 e. The third kappa shape index (κ3) is 8.59. The van der Waals surface area contributed by atoms with E-state index >= 15 is 0 Å². The molecule has 0 saturated carbocycles. The third-order valence-electron chi connectivity index (χ3n) is 3.92. The number of rotatable bonds is 12. The molecule has 1 aromatic carbocycles. The Morgan fingerprint density at radius 3 is 2.38 bits per heavy atom. The lowest BCUT2D eigenvalue weighted by Gasteiger charge is -2.24. The Morgan fingerprint density at radius 1 is 1.28 bits per heavy atom. The van der Waals surface area contributed by atoms with Crippen LogP contribution in [0.15, 0.2) is 53.2 Å². The summed E-state index contributed by atoms with van der Waals surface area (Å²) in [6.45, 7) is 9.50. The van der Waals surface area contributed by atoms with Crippen LogP contribution in [0.4, 0.5) is 0 Å². The second kappa shape index (κ2) is 12.6. The quantitative estimate of drug-likeness (QED) is 0.111. The monoisotopic (exact) mass is 486 g/mol. The maximum absolute atomic E-state index is 13.4. The molecule has 0 bridgehead atoms. The van der Waals surface area contributed by atoms with Gasteiger partial charge in [-0.1, -0.05) is 18.2 Å². The summed E-state index contributed by atoms with van der Waals surface area (Å²) >= 11 is 5.86. The molecule has 0 radical (unpaired) electrons. The minimum absolute atomic E-state index is 0.0274. The van der Waals surface area contributed by atoms with Crippen LogP contribution in [0.5, 0.6) is 5.75 Å². The zero-order chi connectivity index (χ0) is 24.5. The fourth-order valence-electron chi connectivity index (χ4n) is 2.20. The van der Waals surface area contributed by atoms with Crippen LogP contribution in [0.1, 0.15) is 27.7 Å². The lowest BCUT2D eigenvalue weighted by Crippen LogP contribution is -2.36. The van der Waals surface area contributed by atoms with Gasteiger partial charge in [-0.3, -0.25) is 19.1 Å². The summed E-state index contributed by atoms with van der Waals surface area (Å²) in [7, 11) is -2.75. The number of nitrogens with one attached hydrogen (secondary N) is 1. The van der Waals surface area contributed by atoms with Crippen molar-refractivity contribution in [1.82, 2.24) is 5.09 Å². The van der Waals surface area contributed by atoms with Gasteiger partial charge in [0, 0.05) is 12.1 Å². The molecule has 2 atom stereocenters. The summed E-state index contributed by atoms with van der Waals surface area (Å²) in [5, 5.41) is 12.4. The van der Waals surface area contributed by atoms with Crippen molar-refractivity contribution < 1.29 is 33.0 Å². The summed E-state index contributed by atoms with van der Waals surface area (Å²) in [5.41, 5.74) is -0.00623. The molecule has 0 heterocycles. The number of ketones is 1. The van der Waals surface area contributed by atoms with Crippen LogP contribution in [-0.4, -0.2) is 48.4 Å². The van der Waals surface area contributed by atoms with Crippen molar-refractivity contribution in [2.75, 3.05) is 13.7 Å². The largest absolute Gasteiger partial charge is 0.515 e. The van der Waals surface area contributed by atoms with Gasteiger partial charge in [0.05, 0.1) is 30.3 Å². The van der Waals surface area contributed by atoms with E-state index in [1.54, 1.807) is 13.8 Å². The number of nitrogens with zero attached hydrogens (tertiary/aromatic N) is 1. The Labute approximate surface area is 192 Å². The number of ether oxygens (including phenoxy) is 1. The first kappa shape index (κ1) is 27.6. The molecule has 176 valence electrons. The summed E-state index contributed by atoms with van der Waals surface area (Å²) in [5.74, 6) is -1.08. The van der Waals surface area contributed by atoms with Crippen LogP contribution in [0.25, 0.3) is 0 Å². The van der Waals surface area contributed by atoms with Crippen molar-refractivity contribution in [3.63, 3.8) is 0 Å². The van der Waals surface area contributed by atoms with E-state index in [1.807, 2.05) is 0 Å². The predicted molar refractivity (Wildman–Crippen MR) is 123 cm³/mol. The highest BCUT2D eigenvalue weighted by Gasteiger charge is 2.33. The maximum atomic E-state index is 13.4. The molecule has 0 spiro atoms. The highest BCUT2D eigenvalue weighted by molar-refractivity contribution is 7.52. The molecule has 0 aliphatic rings. The third-order valence-corrected chi connectivity index (χ3v) is 5.80. The van der Waals surface area contributed by atoms with Crippen molar-refractivity contribution in [1.29, 1.82) is 0 Å². The number of benzene rings is 1. The van der Waals surface area contributed by atoms with E-state index < -0.39 is 32.1 Å². The van der Waals surface area contributed by atoms with Crippen molar-refractivity contribution in [3.05, 3.63) is 53.3 Å². The van der Waals surface area contributed by atoms with E-state index in [0.717, 1.165) is 0 Å². The first-order valence-corrected chi connectivity index (χ1v) is 11.5. The zero-order valence-electron chi connectivity index (χ0n) is 18.6. The molecule has 32 heavy (non-hydrogen) atoms. The van der Waals surface area contributed by atoms with Gasteiger partial charge in [-0.15, -0.1) is 0 Å². The first-order chi connectivity index (χ1) is 14.9. The van der Waals surface area contributed by atoms with Gasteiger partial charge in [-0.2, -0.15) is 5.09 Å². The van der Waals surface area contributed by atoms with Crippen molar-refractivity contribution in [3.8, 4) is 5.75 Å². The topological polar surface area (TPSA) is 124 Å². The van der Waals surface area contributed by atoms with Gasteiger partial charge in [-0.25, -0.2) is 4.57 Å². The second-order valence-electron chi connectivity index (χ2n) is 6.94. The Balaban J connectivity index is 3.08. The average Bonchev–Trinajstić information content (AvgIpc) is 2.73. The van der Waals surface area contributed by atoms with Crippen molar-refractivity contribution >= 4 is 36.8 Å². The molecule has 1 unspecified atom stereocenters. The van der Waals surface area contributed by atoms with Gasteiger partial charge in [0.25, 0.3) is 0 Å². The highest BCUT2D eigenvalue weighted by atomic mass is 35.5. The molecular formula is C21H28ClN2O7P. The number of aliphatic hydroxyl groups is 1. The number of hydrogen-bond donors (Lipinski definition) is 2. The fourth-order valence-corrected chi connectivity index (χ4v) is 3.81. The van der Waals surface area contributed by atoms with Crippen LogP contribution >= 0.6 is 19.3 Å². The molecule has 2 N–H and O–H groups in total. The number of aliphatic hydroxyl groups excluding tert-OH is 1. The molecule has 1 rings (SSSR count). The first-order valence-electron chi connectivity index (χ1n) is 9.61. The lowest BCUT2D eigenvalue weighted by atomic mass is 10.0. The molecule has 0 amide bonds. The minimum Gasteiger partial charge on any atom is -0.515 e. The fraction of sp³-hybridized carbons (Fsp3) is 0.381. The number of carbonyl (C=O) groups is 2. The maximum Gasteiger partial charge on any atom is 0.459 e. The van der Waals surface area contributed by atoms with Crippen LogP contribution in [0.2, 0.25) is 5.02 Å². The van der Waals surface area contributed by atoms with E-state index in [1.165, 1.54) is 45.2 Å². The summed E-state index contributed by atoms with van der Waals surface area (Å²) in [4.78, 5) is 28.2. The van der Waals surface area contributed by atoms with E-state index in [2.05, 4.69) is 16.7 Å². The predicted octanol–water partition coefficient (Wildman–Crippen LogP) is 4.43. The molecule has 0 aliphatic heterocycles. The lowest BCUT2D eigenvalue weighted by molar-refractivity contribution is -0.149. The average molecular weight is 487 g/mol. The number of Topliss-reactive ketones (excluding diaryl/α,β-unsaturated/α-hetero) is 1. The molecule has 0 fully saturated rings. The minimum atomic E-state index is -4.18. The summed E-state index contributed by atoms with van der Waals surface area (Å²) in [6, 6.07) is 4.93. The van der Waals surface area contributed by atoms with E-state index in [9.17, 15) is 19.3 Å². The SMILES string of the molecule is C=C(COP(=O)(N[C@@H](C)C(=O)OC(C)C)Oc1ccc(Cl)cc1)C(=CO)C(=O)C(C)=NC. The summed E-state index contributed by atoms with van der Waals surface area (Å²) < 4.78 is 29.5. The van der Waals surface area contributed by atoms with Crippen molar-refractivity contribution in [2.45, 2.75) is 39.8 Å². The van der Waals surface area contributed by atoms with E-state index in [0.29, 0.717) is 11.3 Å². The van der Waals surface area contributed by atoms with Crippen LogP contribution in [0.3, 0.4) is 0 Å². The number of halogens is 1. The standard InChI is InChI=1S/C21H28ClN2O7P/c1-13(2)30-21(27)16(5)24-32(28,31-18-9-7-17(22)8-10-18)29-12-14(3)19(11-25)20(26)15(4)23-6/h7-11,13,16,25H,3,12H2,1-2,4-6H3,(H,24,28)/t16-,32?/m0/s1. The Morgan fingerprint density at radius 2 is 1.88 bits per heavy atom. The molecule has 11 heteroatoms. The van der Waals surface area contributed by atoms with Gasteiger partial charge in [-0.05, 0) is 57.5 Å². The van der Waals surface area contributed by atoms with Gasteiger partial charge < -0.3 is 14.4 Å². The molecule has 9 nitrogen and oxygen atoms in total. The Hall–Kier alpha value is -2.45.